The Morgan fingerprint density at radius 2 is 0.542 bits per heavy atom. The molecule has 0 bridgehead atoms. The number of esters is 3. The maximum absolute atomic E-state index is 12.9. The van der Waals surface area contributed by atoms with Gasteiger partial charge in [0, 0.05) is 19.3 Å². The van der Waals surface area contributed by atoms with Gasteiger partial charge < -0.3 is 14.2 Å². The van der Waals surface area contributed by atoms with E-state index in [1.807, 2.05) is 0 Å². The third-order valence-electron chi connectivity index (χ3n) is 14.1. The molecule has 0 saturated carbocycles. The normalized spacial score (nSPS) is 12.3. The van der Waals surface area contributed by atoms with Crippen LogP contribution in [0.25, 0.3) is 0 Å². The highest BCUT2D eigenvalue weighted by atomic mass is 16.6. The van der Waals surface area contributed by atoms with Gasteiger partial charge in [-0.25, -0.2) is 0 Å². The molecule has 0 aliphatic rings. The van der Waals surface area contributed by atoms with Crippen molar-refractivity contribution in [2.75, 3.05) is 13.2 Å². The first kappa shape index (κ1) is 69.4. The van der Waals surface area contributed by atoms with E-state index in [-0.39, 0.29) is 31.1 Å². The minimum atomic E-state index is -0.771. The van der Waals surface area contributed by atoms with E-state index in [1.54, 1.807) is 0 Å². The second-order valence-electron chi connectivity index (χ2n) is 21.3. The van der Waals surface area contributed by atoms with Gasteiger partial charge in [-0.05, 0) is 57.8 Å². The molecule has 0 saturated heterocycles. The van der Waals surface area contributed by atoms with Gasteiger partial charge >= 0.3 is 17.9 Å². The Morgan fingerprint density at radius 3 is 0.847 bits per heavy atom. The lowest BCUT2D eigenvalue weighted by molar-refractivity contribution is -0.167. The Bertz CT molecular complexity index is 1250. The fourth-order valence-electron chi connectivity index (χ4n) is 9.38. The lowest BCUT2D eigenvalue weighted by Crippen LogP contribution is -2.30. The molecule has 0 fully saturated rings. The van der Waals surface area contributed by atoms with E-state index in [9.17, 15) is 14.4 Å². The van der Waals surface area contributed by atoms with Crippen LogP contribution in [0.5, 0.6) is 0 Å². The van der Waals surface area contributed by atoms with Gasteiger partial charge in [-0.3, -0.25) is 14.4 Å². The summed E-state index contributed by atoms with van der Waals surface area (Å²) < 4.78 is 16.8. The summed E-state index contributed by atoms with van der Waals surface area (Å²) in [5.41, 5.74) is 0. The second kappa shape index (κ2) is 60.9. The van der Waals surface area contributed by atoms with E-state index in [4.69, 9.17) is 14.2 Å². The van der Waals surface area contributed by atoms with Crippen molar-refractivity contribution < 1.29 is 28.6 Å². The number of carbonyl (C=O) groups is 3. The summed E-state index contributed by atoms with van der Waals surface area (Å²) >= 11 is 0. The molecule has 0 spiro atoms. The molecule has 6 heteroatoms. The van der Waals surface area contributed by atoms with Crippen molar-refractivity contribution in [3.8, 4) is 0 Å². The van der Waals surface area contributed by atoms with Crippen LogP contribution in [0.3, 0.4) is 0 Å². The Kier molecular flexibility index (Phi) is 58.7. The summed E-state index contributed by atoms with van der Waals surface area (Å²) in [5, 5.41) is 0. The van der Waals surface area contributed by atoms with Gasteiger partial charge in [0.25, 0.3) is 0 Å². The molecule has 0 radical (unpaired) electrons. The van der Waals surface area contributed by atoms with Gasteiger partial charge in [0.05, 0.1) is 0 Å². The Balaban J connectivity index is 4.10. The van der Waals surface area contributed by atoms with Crippen LogP contribution in [0, 0.1) is 0 Å². The average Bonchev–Trinajstić information content (AvgIpc) is 3.38. The molecule has 0 amide bonds. The highest BCUT2D eigenvalue weighted by Crippen LogP contribution is 2.18. The largest absolute Gasteiger partial charge is 0.462 e. The summed E-state index contributed by atoms with van der Waals surface area (Å²) in [6.07, 6.45) is 75.8. The number of ether oxygens (including phenoxy) is 3. The first-order chi connectivity index (χ1) is 35.5. The number of allylic oxidation sites excluding steroid dienone is 8. The Labute approximate surface area is 448 Å². The summed E-state index contributed by atoms with van der Waals surface area (Å²) in [4.78, 5) is 38.1. The lowest BCUT2D eigenvalue weighted by atomic mass is 10.0. The maximum atomic E-state index is 12.9. The minimum Gasteiger partial charge on any atom is -0.462 e. The number of hydrogen-bond donors (Lipinski definition) is 0. The third kappa shape index (κ3) is 58.3. The first-order valence-corrected chi connectivity index (χ1v) is 31.6. The number of carbonyl (C=O) groups excluding carboxylic acids is 3. The summed E-state index contributed by atoms with van der Waals surface area (Å²) in [5.74, 6) is -0.862. The highest BCUT2D eigenvalue weighted by Gasteiger charge is 2.19. The molecule has 1 unspecified atom stereocenters. The van der Waals surface area contributed by atoms with Gasteiger partial charge in [-0.2, -0.15) is 0 Å². The van der Waals surface area contributed by atoms with E-state index < -0.39 is 6.10 Å². The molecule has 0 rings (SSSR count). The molecule has 0 N–H and O–H groups in total. The van der Waals surface area contributed by atoms with Crippen molar-refractivity contribution in [3.05, 3.63) is 48.6 Å². The predicted octanol–water partition coefficient (Wildman–Crippen LogP) is 21.4. The number of rotatable bonds is 58. The molecule has 0 aromatic carbocycles. The van der Waals surface area contributed by atoms with Crippen LogP contribution in [0.15, 0.2) is 48.6 Å². The quantitative estimate of drug-likeness (QED) is 0.0261. The molecule has 0 aromatic heterocycles. The van der Waals surface area contributed by atoms with Gasteiger partial charge in [-0.1, -0.05) is 307 Å². The monoisotopic (exact) mass is 1010 g/mol. The fourth-order valence-corrected chi connectivity index (χ4v) is 9.38. The Morgan fingerprint density at radius 1 is 0.292 bits per heavy atom. The van der Waals surface area contributed by atoms with E-state index in [2.05, 4.69) is 69.4 Å². The van der Waals surface area contributed by atoms with Crippen LogP contribution >= 0.6 is 0 Å². The van der Waals surface area contributed by atoms with Gasteiger partial charge in [0.2, 0.25) is 0 Å². The molecule has 0 aliphatic carbocycles. The minimum absolute atomic E-state index is 0.0703. The van der Waals surface area contributed by atoms with E-state index in [1.165, 1.54) is 212 Å². The van der Waals surface area contributed by atoms with E-state index >= 15 is 0 Å². The van der Waals surface area contributed by atoms with Crippen LogP contribution in [0.2, 0.25) is 0 Å². The molecule has 420 valence electrons. The van der Waals surface area contributed by atoms with Gasteiger partial charge in [-0.15, -0.1) is 0 Å². The van der Waals surface area contributed by atoms with Crippen molar-refractivity contribution in [1.29, 1.82) is 0 Å². The summed E-state index contributed by atoms with van der Waals surface area (Å²) in [6.45, 7) is 6.53. The zero-order chi connectivity index (χ0) is 52.2. The zero-order valence-corrected chi connectivity index (χ0v) is 48.2. The average molecular weight is 1010 g/mol. The standard InChI is InChI=1S/C66H120O6/c1-4-7-10-13-16-18-20-22-24-26-28-30-32-34-35-37-39-41-43-45-47-50-53-56-59-65(68)71-62-63(61-70-64(67)58-55-52-49-15-12-9-6-3)72-66(69)60-57-54-51-48-46-44-42-40-38-36-33-31-29-27-25-23-21-19-17-14-11-8-5-2/h8,11,17,19,23,25,29,31,63H,4-7,9-10,12-16,18,20-22,24,26-28,30,32-62H2,1-3H3/b11-8-,19-17-,25-23-,31-29-. The molecule has 6 nitrogen and oxygen atoms in total. The van der Waals surface area contributed by atoms with Crippen LogP contribution in [-0.2, 0) is 28.6 Å². The number of hydrogen-bond acceptors (Lipinski definition) is 6. The van der Waals surface area contributed by atoms with Crippen LogP contribution in [0.4, 0.5) is 0 Å². The van der Waals surface area contributed by atoms with Crippen molar-refractivity contribution in [2.45, 2.75) is 341 Å². The van der Waals surface area contributed by atoms with Crippen molar-refractivity contribution in [2.24, 2.45) is 0 Å². The van der Waals surface area contributed by atoms with Gasteiger partial charge in [0.15, 0.2) is 6.10 Å². The molecule has 0 aromatic rings. The van der Waals surface area contributed by atoms with Crippen molar-refractivity contribution >= 4 is 17.9 Å². The molecule has 72 heavy (non-hydrogen) atoms. The van der Waals surface area contributed by atoms with E-state index in [0.717, 1.165) is 83.5 Å². The molecular weight excluding hydrogens is 889 g/mol. The molecule has 1 atom stereocenters. The fraction of sp³-hybridized carbons (Fsp3) is 0.833. The van der Waals surface area contributed by atoms with Crippen molar-refractivity contribution in [3.63, 3.8) is 0 Å². The molecule has 0 aliphatic heterocycles. The topological polar surface area (TPSA) is 78.9 Å². The smallest absolute Gasteiger partial charge is 0.306 e. The van der Waals surface area contributed by atoms with Crippen LogP contribution in [0.1, 0.15) is 335 Å². The van der Waals surface area contributed by atoms with E-state index in [0.29, 0.717) is 19.3 Å². The summed E-state index contributed by atoms with van der Waals surface area (Å²) in [6, 6.07) is 0. The van der Waals surface area contributed by atoms with Gasteiger partial charge in [0.1, 0.15) is 13.2 Å². The number of unbranched alkanes of at least 4 members (excludes halogenated alkanes) is 39. The predicted molar refractivity (Wildman–Crippen MR) is 312 cm³/mol. The molecule has 0 heterocycles. The second-order valence-corrected chi connectivity index (χ2v) is 21.3. The Hall–Kier alpha value is -2.63. The summed E-state index contributed by atoms with van der Waals surface area (Å²) in [7, 11) is 0. The first-order valence-electron chi connectivity index (χ1n) is 31.6. The SMILES string of the molecule is CC/C=C\C/C=C\C/C=C\C/C=C\CCCCCCCCCCCCC(=O)OC(COC(=O)CCCCCCCCC)COC(=O)CCCCCCCCCCCCCCCCCCCCCCCCCC. The zero-order valence-electron chi connectivity index (χ0n) is 48.2. The lowest BCUT2D eigenvalue weighted by Gasteiger charge is -2.18. The maximum Gasteiger partial charge on any atom is 0.306 e. The third-order valence-corrected chi connectivity index (χ3v) is 14.1. The molecular formula is C66H120O6. The van der Waals surface area contributed by atoms with Crippen LogP contribution < -0.4 is 0 Å². The highest BCUT2D eigenvalue weighted by molar-refractivity contribution is 5.71. The van der Waals surface area contributed by atoms with Crippen molar-refractivity contribution in [1.82, 2.24) is 0 Å². The van der Waals surface area contributed by atoms with Crippen LogP contribution in [-0.4, -0.2) is 37.2 Å².